The molecule has 0 amide bonds. The summed E-state index contributed by atoms with van der Waals surface area (Å²) in [6.07, 6.45) is 0.711. The van der Waals surface area contributed by atoms with E-state index in [0.717, 1.165) is 25.6 Å². The van der Waals surface area contributed by atoms with Crippen LogP contribution in [0.1, 0.15) is 24.2 Å². The van der Waals surface area contributed by atoms with Gasteiger partial charge >= 0.3 is 0 Å². The molecular weight excluding hydrogens is 254 g/mol. The maximum Gasteiger partial charge on any atom is 0.240 e. The van der Waals surface area contributed by atoms with Gasteiger partial charge in [0.05, 0.1) is 19.8 Å². The van der Waals surface area contributed by atoms with E-state index in [-0.39, 0.29) is 0 Å². The summed E-state index contributed by atoms with van der Waals surface area (Å²) in [7, 11) is 0. The van der Waals surface area contributed by atoms with Gasteiger partial charge in [-0.25, -0.2) is 0 Å². The van der Waals surface area contributed by atoms with Crippen LogP contribution in [0.3, 0.4) is 0 Å². The summed E-state index contributed by atoms with van der Waals surface area (Å²) in [4.78, 5) is 6.78. The van der Waals surface area contributed by atoms with E-state index in [1.807, 2.05) is 18.2 Å². The summed E-state index contributed by atoms with van der Waals surface area (Å²) in [5.41, 5.74) is 1.19. The molecule has 5 heteroatoms. The zero-order valence-electron chi connectivity index (χ0n) is 11.7. The van der Waals surface area contributed by atoms with Crippen LogP contribution >= 0.6 is 0 Å². The number of hydrogen-bond donors (Lipinski definition) is 0. The van der Waals surface area contributed by atoms with Crippen LogP contribution in [0.15, 0.2) is 34.9 Å². The molecule has 1 saturated heterocycles. The van der Waals surface area contributed by atoms with E-state index in [9.17, 15) is 0 Å². The number of morpholine rings is 1. The van der Waals surface area contributed by atoms with Crippen molar-refractivity contribution in [2.24, 2.45) is 0 Å². The lowest BCUT2D eigenvalue weighted by Crippen LogP contribution is -2.42. The summed E-state index contributed by atoms with van der Waals surface area (Å²) in [6.45, 7) is 5.31. The van der Waals surface area contributed by atoms with Gasteiger partial charge in [0.15, 0.2) is 5.82 Å². The second-order valence-electron chi connectivity index (χ2n) is 5.16. The minimum absolute atomic E-state index is 0.397. The molecular formula is C15H19N3O2. The predicted octanol–water partition coefficient (Wildman–Crippen LogP) is 1.88. The minimum Gasteiger partial charge on any atom is -0.379 e. The van der Waals surface area contributed by atoms with Crippen LogP contribution in [0.5, 0.6) is 0 Å². The van der Waals surface area contributed by atoms with Crippen molar-refractivity contribution in [2.45, 2.75) is 25.9 Å². The van der Waals surface area contributed by atoms with E-state index < -0.39 is 0 Å². The molecule has 0 saturated carbocycles. The minimum atomic E-state index is 0.397. The van der Waals surface area contributed by atoms with Crippen molar-refractivity contribution in [1.29, 1.82) is 0 Å². The summed E-state index contributed by atoms with van der Waals surface area (Å²) >= 11 is 0. The molecule has 1 aromatic carbocycles. The SMILES string of the molecule is C[C@H]1COCCN1Cc1nc(Cc2ccccc2)no1. The first kappa shape index (κ1) is 13.3. The van der Waals surface area contributed by atoms with Crippen LogP contribution in [0.4, 0.5) is 0 Å². The molecule has 0 spiro atoms. The van der Waals surface area contributed by atoms with Gasteiger partial charge < -0.3 is 9.26 Å². The molecule has 0 radical (unpaired) electrons. The highest BCUT2D eigenvalue weighted by Gasteiger charge is 2.21. The second-order valence-corrected chi connectivity index (χ2v) is 5.16. The summed E-state index contributed by atoms with van der Waals surface area (Å²) < 4.78 is 10.8. The largest absolute Gasteiger partial charge is 0.379 e. The topological polar surface area (TPSA) is 51.4 Å². The number of nitrogens with zero attached hydrogens (tertiary/aromatic N) is 3. The van der Waals surface area contributed by atoms with Gasteiger partial charge in [-0.3, -0.25) is 4.90 Å². The van der Waals surface area contributed by atoms with E-state index in [1.165, 1.54) is 5.56 Å². The molecule has 5 nitrogen and oxygen atoms in total. The molecule has 2 heterocycles. The standard InChI is InChI=1S/C15H19N3O2/c1-12-11-19-8-7-18(12)10-15-16-14(17-20-15)9-13-5-3-2-4-6-13/h2-6,12H,7-11H2,1H3/t12-/m0/s1. The van der Waals surface area contributed by atoms with E-state index in [1.54, 1.807) is 0 Å². The van der Waals surface area contributed by atoms with Crippen molar-refractivity contribution in [3.63, 3.8) is 0 Å². The molecule has 3 rings (SSSR count). The Bertz CT molecular complexity index is 541. The molecule has 0 unspecified atom stereocenters. The Morgan fingerprint density at radius 3 is 2.95 bits per heavy atom. The Labute approximate surface area is 118 Å². The van der Waals surface area contributed by atoms with Crippen molar-refractivity contribution in [3.8, 4) is 0 Å². The quantitative estimate of drug-likeness (QED) is 0.851. The van der Waals surface area contributed by atoms with Crippen LogP contribution in [-0.2, 0) is 17.7 Å². The van der Waals surface area contributed by atoms with Gasteiger partial charge in [-0.1, -0.05) is 35.5 Å². The van der Waals surface area contributed by atoms with Crippen molar-refractivity contribution >= 4 is 0 Å². The number of ether oxygens (including phenoxy) is 1. The summed E-state index contributed by atoms with van der Waals surface area (Å²) in [6, 6.07) is 10.6. The lowest BCUT2D eigenvalue weighted by molar-refractivity contribution is -0.00852. The highest BCUT2D eigenvalue weighted by Crippen LogP contribution is 2.12. The molecule has 2 aromatic rings. The average Bonchev–Trinajstić information content (AvgIpc) is 2.90. The third kappa shape index (κ3) is 3.23. The lowest BCUT2D eigenvalue weighted by Gasteiger charge is -2.31. The highest BCUT2D eigenvalue weighted by molar-refractivity contribution is 5.18. The normalized spacial score (nSPS) is 20.1. The van der Waals surface area contributed by atoms with Gasteiger partial charge in [0, 0.05) is 19.0 Å². The number of aromatic nitrogens is 2. The van der Waals surface area contributed by atoms with Crippen molar-refractivity contribution in [1.82, 2.24) is 15.0 Å². The van der Waals surface area contributed by atoms with E-state index in [4.69, 9.17) is 9.26 Å². The molecule has 0 bridgehead atoms. The van der Waals surface area contributed by atoms with E-state index in [0.29, 0.717) is 24.9 Å². The Balaban J connectivity index is 1.62. The van der Waals surface area contributed by atoms with Gasteiger partial charge in [0.1, 0.15) is 0 Å². The fraction of sp³-hybridized carbons (Fsp3) is 0.467. The fourth-order valence-corrected chi connectivity index (χ4v) is 2.37. The first-order chi connectivity index (χ1) is 9.81. The molecule has 0 aliphatic carbocycles. The van der Waals surface area contributed by atoms with Crippen molar-refractivity contribution in [2.75, 3.05) is 19.8 Å². The maximum atomic E-state index is 5.43. The summed E-state index contributed by atoms with van der Waals surface area (Å²) in [5.74, 6) is 1.43. The molecule has 1 aliphatic heterocycles. The summed E-state index contributed by atoms with van der Waals surface area (Å²) in [5, 5.41) is 4.06. The average molecular weight is 273 g/mol. The maximum absolute atomic E-state index is 5.43. The third-order valence-corrected chi connectivity index (χ3v) is 3.56. The number of hydrogen-bond acceptors (Lipinski definition) is 5. The monoisotopic (exact) mass is 273 g/mol. The van der Waals surface area contributed by atoms with Crippen molar-refractivity contribution in [3.05, 3.63) is 47.6 Å². The first-order valence-corrected chi connectivity index (χ1v) is 6.98. The van der Waals surface area contributed by atoms with Crippen molar-refractivity contribution < 1.29 is 9.26 Å². The molecule has 20 heavy (non-hydrogen) atoms. The second kappa shape index (κ2) is 6.15. The van der Waals surface area contributed by atoms with Gasteiger partial charge in [-0.15, -0.1) is 0 Å². The zero-order valence-corrected chi connectivity index (χ0v) is 11.7. The molecule has 1 fully saturated rings. The molecule has 1 aromatic heterocycles. The van der Waals surface area contributed by atoms with Gasteiger partial charge in [0.2, 0.25) is 5.89 Å². The first-order valence-electron chi connectivity index (χ1n) is 6.98. The van der Waals surface area contributed by atoms with Crippen LogP contribution in [0, 0.1) is 0 Å². The van der Waals surface area contributed by atoms with Crippen LogP contribution in [0.25, 0.3) is 0 Å². The molecule has 1 aliphatic rings. The smallest absolute Gasteiger partial charge is 0.240 e. The number of rotatable bonds is 4. The molecule has 106 valence electrons. The fourth-order valence-electron chi connectivity index (χ4n) is 2.37. The predicted molar refractivity (Wildman–Crippen MR) is 74.2 cm³/mol. The Kier molecular flexibility index (Phi) is 4.08. The van der Waals surface area contributed by atoms with Crippen LogP contribution in [-0.4, -0.2) is 40.8 Å². The Morgan fingerprint density at radius 2 is 2.15 bits per heavy atom. The van der Waals surface area contributed by atoms with E-state index >= 15 is 0 Å². The lowest BCUT2D eigenvalue weighted by atomic mass is 10.1. The number of benzene rings is 1. The van der Waals surface area contributed by atoms with Gasteiger partial charge in [-0.05, 0) is 12.5 Å². The van der Waals surface area contributed by atoms with Gasteiger partial charge in [0.25, 0.3) is 0 Å². The Morgan fingerprint density at radius 1 is 1.30 bits per heavy atom. The molecule has 0 N–H and O–H groups in total. The van der Waals surface area contributed by atoms with Crippen LogP contribution < -0.4 is 0 Å². The molecule has 1 atom stereocenters. The Hall–Kier alpha value is -1.72. The van der Waals surface area contributed by atoms with E-state index in [2.05, 4.69) is 34.1 Å². The van der Waals surface area contributed by atoms with Gasteiger partial charge in [-0.2, -0.15) is 4.98 Å². The zero-order chi connectivity index (χ0) is 13.8. The highest BCUT2D eigenvalue weighted by atomic mass is 16.5. The van der Waals surface area contributed by atoms with Crippen LogP contribution in [0.2, 0.25) is 0 Å². The third-order valence-electron chi connectivity index (χ3n) is 3.56.